The molecule has 0 unspecified atom stereocenters. The average molecular weight is 1340 g/mol. The molecule has 32 nitrogen and oxygen atoms in total. The normalized spacial score (nSPS) is 11.6. The number of nitrogens with two attached hydrogens (primary N) is 2. The minimum Gasteiger partial charge on any atom is -0.379 e. The molecule has 0 fully saturated rings. The van der Waals surface area contributed by atoms with Gasteiger partial charge in [-0.15, -0.1) is 5.10 Å². The molecule has 2 rings (SSSR count). The molecular weight excluding hydrogens is 1230 g/mol. The Balaban J connectivity index is 1.49. The Labute approximate surface area is 549 Å². The maximum Gasteiger partial charge on any atom is 0.222 e. The number of hydrogen-bond acceptors (Lipinski definition) is 28. The third-order valence-electron chi connectivity index (χ3n) is 11.9. The van der Waals surface area contributed by atoms with E-state index < -0.39 is 6.04 Å². The number of para-hydroxylation sites is 1. The van der Waals surface area contributed by atoms with Crippen LogP contribution in [-0.4, -0.2) is 336 Å². The fourth-order valence-electron chi connectivity index (χ4n) is 7.33. The summed E-state index contributed by atoms with van der Waals surface area (Å²) in [4.78, 5) is 38.9. The van der Waals surface area contributed by atoms with Gasteiger partial charge in [0.05, 0.1) is 289 Å². The second-order valence-electron chi connectivity index (χ2n) is 19.5. The van der Waals surface area contributed by atoms with E-state index in [4.69, 9.17) is 111 Å². The molecule has 93 heavy (non-hydrogen) atoms. The number of amides is 3. The highest BCUT2D eigenvalue weighted by Crippen LogP contribution is 2.07. The predicted octanol–water partition coefficient (Wildman–Crippen LogP) is -1.08. The molecule has 0 aliphatic carbocycles. The minimum absolute atomic E-state index is 0.0102. The first-order chi connectivity index (χ1) is 46.0. The fraction of sp³-hybridized carbons (Fsp3) is 0.820. The van der Waals surface area contributed by atoms with Gasteiger partial charge in [0.15, 0.2) is 0 Å². The van der Waals surface area contributed by atoms with Crippen LogP contribution < -0.4 is 27.4 Å². The second-order valence-corrected chi connectivity index (χ2v) is 19.5. The number of benzene rings is 1. The largest absolute Gasteiger partial charge is 0.379 e. The smallest absolute Gasteiger partial charge is 0.222 e. The molecule has 0 atom stereocenters. The van der Waals surface area contributed by atoms with Crippen molar-refractivity contribution in [1.82, 2.24) is 30.9 Å². The standard InChI is InChI=1S/C61H112N8O24/c62-7-12-74-17-22-79-27-32-84-37-42-88-44-39-86-34-29-81-24-19-76-14-9-64-60(71)52-56(53-61(72)65-10-15-77-20-25-82-30-35-87-40-45-89-43-38-85-33-28-80-23-18-75-13-8-63)66-59(70)6-11-73-16-21-78-26-31-83-36-41-90-46-47-91-48-49-92-50-51-93-55-57-54-69(68-67-57)58-4-2-1-3-5-58/h1-5,54,56H,6-53,55,62-63H2,(H,64,71)(H,65,72)(H,66,70). The molecule has 540 valence electrons. The molecule has 0 saturated carbocycles. The zero-order valence-electron chi connectivity index (χ0n) is 55.0. The summed E-state index contributed by atoms with van der Waals surface area (Å²) in [7, 11) is 0. The van der Waals surface area contributed by atoms with E-state index in [0.717, 1.165) is 11.4 Å². The van der Waals surface area contributed by atoms with Gasteiger partial charge in [-0.25, -0.2) is 4.68 Å². The van der Waals surface area contributed by atoms with Gasteiger partial charge in [-0.05, 0) is 12.1 Å². The number of nitrogens with zero attached hydrogens (tertiary/aromatic N) is 3. The highest BCUT2D eigenvalue weighted by Gasteiger charge is 2.20. The molecule has 0 radical (unpaired) electrons. The number of aromatic nitrogens is 3. The molecule has 0 aliphatic heterocycles. The van der Waals surface area contributed by atoms with Crippen LogP contribution in [0.5, 0.6) is 0 Å². The topological polar surface area (TPSA) is 364 Å². The van der Waals surface area contributed by atoms with Crippen molar-refractivity contribution in [1.29, 1.82) is 0 Å². The maximum absolute atomic E-state index is 13.0. The number of carbonyl (C=O) groups excluding carboxylic acids is 3. The summed E-state index contributed by atoms with van der Waals surface area (Å²) < 4.78 is 117. The summed E-state index contributed by atoms with van der Waals surface area (Å²) in [6, 6.07) is 8.97. The van der Waals surface area contributed by atoms with E-state index in [1.54, 1.807) is 4.68 Å². The van der Waals surface area contributed by atoms with Crippen LogP contribution in [0.15, 0.2) is 36.5 Å². The van der Waals surface area contributed by atoms with Gasteiger partial charge in [0, 0.05) is 51.5 Å². The third-order valence-corrected chi connectivity index (χ3v) is 11.9. The monoisotopic (exact) mass is 1340 g/mol. The first kappa shape index (κ1) is 84.9. The number of hydrogen-bond donors (Lipinski definition) is 5. The zero-order valence-corrected chi connectivity index (χ0v) is 55.0. The van der Waals surface area contributed by atoms with Crippen molar-refractivity contribution in [3.05, 3.63) is 42.2 Å². The summed E-state index contributed by atoms with van der Waals surface area (Å²) in [5.74, 6) is -1.10. The molecule has 0 saturated heterocycles. The number of rotatable bonds is 75. The van der Waals surface area contributed by atoms with Crippen molar-refractivity contribution in [2.24, 2.45) is 11.5 Å². The number of ether oxygens (including phenoxy) is 21. The SMILES string of the molecule is NCCOCCOCCOCCOCCOCCOCCOCCNC(=O)CC(CC(=O)NCCOCCOCCOCCOCCOCCOCCOCCN)NC(=O)CCOCCOCCOCCOCCOCCOCCOCc1cn(-c2ccccc2)nn1. The van der Waals surface area contributed by atoms with Gasteiger partial charge >= 0.3 is 0 Å². The Hall–Kier alpha value is -4.15. The van der Waals surface area contributed by atoms with Crippen LogP contribution in [0.3, 0.4) is 0 Å². The predicted molar refractivity (Wildman–Crippen MR) is 337 cm³/mol. The first-order valence-corrected chi connectivity index (χ1v) is 32.3. The molecule has 3 amide bonds. The Bertz CT molecular complexity index is 1850. The van der Waals surface area contributed by atoms with E-state index in [-0.39, 0.29) is 76.5 Å². The van der Waals surface area contributed by atoms with Crippen molar-refractivity contribution in [2.75, 3.05) is 297 Å². The van der Waals surface area contributed by atoms with E-state index in [2.05, 4.69) is 26.3 Å². The molecule has 2 aromatic rings. The van der Waals surface area contributed by atoms with Gasteiger partial charge in [-0.1, -0.05) is 23.4 Å². The van der Waals surface area contributed by atoms with Gasteiger partial charge < -0.3 is 127 Å². The minimum atomic E-state index is -0.785. The van der Waals surface area contributed by atoms with E-state index in [1.165, 1.54) is 0 Å². The summed E-state index contributed by atoms with van der Waals surface area (Å²) >= 11 is 0. The molecule has 0 aliphatic rings. The maximum atomic E-state index is 13.0. The summed E-state index contributed by atoms with van der Waals surface area (Å²) in [6.45, 7) is 18.6. The summed E-state index contributed by atoms with van der Waals surface area (Å²) in [5.41, 5.74) is 12.4. The van der Waals surface area contributed by atoms with E-state index >= 15 is 0 Å². The van der Waals surface area contributed by atoms with Crippen LogP contribution in [0.2, 0.25) is 0 Å². The van der Waals surface area contributed by atoms with Crippen molar-refractivity contribution in [3.8, 4) is 5.69 Å². The fourth-order valence-corrected chi connectivity index (χ4v) is 7.33. The molecule has 1 aromatic heterocycles. The Kier molecular flexibility index (Phi) is 63.2. The van der Waals surface area contributed by atoms with Gasteiger partial charge in [0.2, 0.25) is 17.7 Å². The Morgan fingerprint density at radius 1 is 0.344 bits per heavy atom. The highest BCUT2D eigenvalue weighted by molar-refractivity contribution is 5.83. The van der Waals surface area contributed by atoms with E-state index in [0.29, 0.717) is 264 Å². The number of nitrogens with one attached hydrogen (secondary N) is 3. The van der Waals surface area contributed by atoms with Crippen molar-refractivity contribution >= 4 is 17.7 Å². The average Bonchev–Trinajstić information content (AvgIpc) is 1.86. The lowest BCUT2D eigenvalue weighted by Crippen LogP contribution is -2.43. The van der Waals surface area contributed by atoms with Gasteiger partial charge in [0.25, 0.3) is 0 Å². The molecule has 0 bridgehead atoms. The quantitative estimate of drug-likeness (QED) is 0.0492. The van der Waals surface area contributed by atoms with Crippen LogP contribution in [0.4, 0.5) is 0 Å². The lowest BCUT2D eigenvalue weighted by atomic mass is 10.1. The van der Waals surface area contributed by atoms with Crippen molar-refractivity contribution in [3.63, 3.8) is 0 Å². The molecule has 7 N–H and O–H groups in total. The molecule has 32 heteroatoms. The third kappa shape index (κ3) is 60.0. The van der Waals surface area contributed by atoms with Crippen LogP contribution in [-0.2, 0) is 120 Å². The van der Waals surface area contributed by atoms with Gasteiger partial charge in [-0.3, -0.25) is 14.4 Å². The van der Waals surface area contributed by atoms with Crippen molar-refractivity contribution < 1.29 is 114 Å². The molecular formula is C61H112N8O24. The van der Waals surface area contributed by atoms with E-state index in [9.17, 15) is 14.4 Å². The first-order valence-electron chi connectivity index (χ1n) is 32.3. The summed E-state index contributed by atoms with van der Waals surface area (Å²) in [6.07, 6.45) is 1.58. The Morgan fingerprint density at radius 3 is 0.914 bits per heavy atom. The van der Waals surface area contributed by atoms with Crippen LogP contribution in [0, 0.1) is 0 Å². The van der Waals surface area contributed by atoms with Gasteiger partial charge in [-0.2, -0.15) is 0 Å². The van der Waals surface area contributed by atoms with Gasteiger partial charge in [0.1, 0.15) is 5.69 Å². The highest BCUT2D eigenvalue weighted by atomic mass is 16.6. The number of carbonyl (C=O) groups is 3. The molecule has 1 aromatic carbocycles. The molecule has 1 heterocycles. The summed E-state index contributed by atoms with van der Waals surface area (Å²) in [5, 5.41) is 16.6. The van der Waals surface area contributed by atoms with Crippen LogP contribution in [0.25, 0.3) is 5.69 Å². The Morgan fingerprint density at radius 2 is 0.613 bits per heavy atom. The molecule has 0 spiro atoms. The lowest BCUT2D eigenvalue weighted by Gasteiger charge is -2.18. The zero-order chi connectivity index (χ0) is 66.3. The van der Waals surface area contributed by atoms with Crippen molar-refractivity contribution in [2.45, 2.75) is 31.9 Å². The van der Waals surface area contributed by atoms with Crippen LogP contribution in [0.1, 0.15) is 25.0 Å². The lowest BCUT2D eigenvalue weighted by molar-refractivity contribution is -0.126. The van der Waals surface area contributed by atoms with Crippen LogP contribution >= 0.6 is 0 Å². The second kappa shape index (κ2) is 69.2. The van der Waals surface area contributed by atoms with E-state index in [1.807, 2.05) is 36.5 Å².